The molecule has 0 saturated heterocycles. The van der Waals surface area contributed by atoms with E-state index in [1.54, 1.807) is 12.4 Å². The van der Waals surface area contributed by atoms with Gasteiger partial charge in [-0.05, 0) is 23.3 Å². The van der Waals surface area contributed by atoms with Gasteiger partial charge in [0.15, 0.2) is 18.9 Å². The van der Waals surface area contributed by atoms with E-state index < -0.39 is 0 Å². The summed E-state index contributed by atoms with van der Waals surface area (Å²) in [6, 6.07) is 15.8. The highest BCUT2D eigenvalue weighted by molar-refractivity contribution is 5.74. The van der Waals surface area contributed by atoms with Crippen LogP contribution in [0.15, 0.2) is 73.3 Å². The first-order valence-corrected chi connectivity index (χ1v) is 6.79. The average molecular weight is 355 g/mol. The third kappa shape index (κ3) is 3.86. The predicted molar refractivity (Wildman–Crippen MR) is 80.8 cm³/mol. The van der Waals surface area contributed by atoms with Gasteiger partial charge in [-0.3, -0.25) is 9.78 Å². The van der Waals surface area contributed by atoms with Gasteiger partial charge in [-0.25, -0.2) is 4.57 Å². The van der Waals surface area contributed by atoms with Crippen molar-refractivity contribution in [1.29, 1.82) is 0 Å². The van der Waals surface area contributed by atoms with E-state index in [0.29, 0.717) is 5.56 Å². The van der Waals surface area contributed by atoms with Crippen molar-refractivity contribution in [3.8, 4) is 11.1 Å². The monoisotopic (exact) mass is 354 g/mol. The number of benzene rings is 1. The number of carbonyl (C=O) groups excluding carboxylic acids is 1. The highest BCUT2D eigenvalue weighted by Gasteiger charge is 2.04. The molecular weight excluding hydrogens is 340 g/mol. The maximum atomic E-state index is 10.6. The highest BCUT2D eigenvalue weighted by atomic mass is 79.9. The first-order valence-electron chi connectivity index (χ1n) is 6.79. The number of hydrogen-bond acceptors (Lipinski definition) is 2. The van der Waals surface area contributed by atoms with Gasteiger partial charge in [-0.15, -0.1) is 0 Å². The molecule has 0 saturated carbocycles. The van der Waals surface area contributed by atoms with Crippen LogP contribution < -0.4 is 21.5 Å². The second-order valence-electron chi connectivity index (χ2n) is 4.85. The van der Waals surface area contributed by atoms with E-state index in [1.165, 1.54) is 11.1 Å². The van der Waals surface area contributed by atoms with Crippen LogP contribution >= 0.6 is 0 Å². The molecule has 0 unspecified atom stereocenters. The van der Waals surface area contributed by atoms with Crippen LogP contribution in [0.2, 0.25) is 0 Å². The summed E-state index contributed by atoms with van der Waals surface area (Å²) in [4.78, 5) is 14.7. The summed E-state index contributed by atoms with van der Waals surface area (Å²) in [5.74, 6) is 0. The number of halogens is 1. The lowest BCUT2D eigenvalue weighted by atomic mass is 10.1. The fourth-order valence-corrected chi connectivity index (χ4v) is 2.21. The Morgan fingerprint density at radius 3 is 2.05 bits per heavy atom. The smallest absolute Gasteiger partial charge is 0.173 e. The van der Waals surface area contributed by atoms with Crippen LogP contribution in [0.25, 0.3) is 11.1 Å². The lowest BCUT2D eigenvalue weighted by Crippen LogP contribution is -3.00. The zero-order chi connectivity index (χ0) is 14.5. The molecule has 2 aromatic heterocycles. The first-order chi connectivity index (χ1) is 10.3. The van der Waals surface area contributed by atoms with Gasteiger partial charge < -0.3 is 17.0 Å². The Morgan fingerprint density at radius 2 is 1.45 bits per heavy atom. The second-order valence-corrected chi connectivity index (χ2v) is 4.85. The fourth-order valence-electron chi connectivity index (χ4n) is 2.21. The molecule has 0 aliphatic rings. The SMILES string of the molecule is O=Cc1ccc(C[n+]2ccc(-c3ccncc3)cc2)cc1.[Br-]. The van der Waals surface area contributed by atoms with Gasteiger partial charge in [0, 0.05) is 35.7 Å². The van der Waals surface area contributed by atoms with Gasteiger partial charge >= 0.3 is 0 Å². The van der Waals surface area contributed by atoms with Crippen LogP contribution in [0, 0.1) is 0 Å². The zero-order valence-electron chi connectivity index (χ0n) is 11.9. The minimum atomic E-state index is 0. The molecular formula is C18H15BrN2O. The van der Waals surface area contributed by atoms with E-state index in [2.05, 4.69) is 34.1 Å². The minimum Gasteiger partial charge on any atom is -1.00 e. The molecule has 3 aromatic rings. The summed E-state index contributed by atoms with van der Waals surface area (Å²) < 4.78 is 2.11. The van der Waals surface area contributed by atoms with Gasteiger partial charge in [0.05, 0.1) is 0 Å². The molecule has 0 amide bonds. The fraction of sp³-hybridized carbons (Fsp3) is 0.0556. The number of aromatic nitrogens is 2. The number of nitrogens with zero attached hydrogens (tertiary/aromatic N) is 2. The van der Waals surface area contributed by atoms with Crippen molar-refractivity contribution >= 4 is 6.29 Å². The van der Waals surface area contributed by atoms with E-state index in [9.17, 15) is 4.79 Å². The molecule has 110 valence electrons. The molecule has 0 N–H and O–H groups in total. The summed E-state index contributed by atoms with van der Waals surface area (Å²) in [6.45, 7) is 0.787. The molecule has 0 aliphatic carbocycles. The molecule has 0 fully saturated rings. The van der Waals surface area contributed by atoms with Crippen molar-refractivity contribution in [2.45, 2.75) is 6.54 Å². The molecule has 3 rings (SSSR count). The van der Waals surface area contributed by atoms with E-state index in [0.717, 1.165) is 18.4 Å². The van der Waals surface area contributed by atoms with Crippen LogP contribution in [-0.4, -0.2) is 11.3 Å². The largest absolute Gasteiger partial charge is 1.00 e. The van der Waals surface area contributed by atoms with Crippen molar-refractivity contribution in [3.05, 3.63) is 84.4 Å². The molecule has 3 nitrogen and oxygen atoms in total. The molecule has 1 aromatic carbocycles. The lowest BCUT2D eigenvalue weighted by Gasteiger charge is -2.01. The summed E-state index contributed by atoms with van der Waals surface area (Å²) in [6.07, 6.45) is 8.57. The quantitative estimate of drug-likeness (QED) is 0.484. The predicted octanol–water partition coefficient (Wildman–Crippen LogP) is -0.0991. The summed E-state index contributed by atoms with van der Waals surface area (Å²) in [5.41, 5.74) is 4.21. The number of hydrogen-bond donors (Lipinski definition) is 0. The number of aldehydes is 1. The third-order valence-electron chi connectivity index (χ3n) is 3.39. The highest BCUT2D eigenvalue weighted by Crippen LogP contribution is 2.15. The van der Waals surface area contributed by atoms with Crippen molar-refractivity contribution in [2.24, 2.45) is 0 Å². The Morgan fingerprint density at radius 1 is 0.864 bits per heavy atom. The third-order valence-corrected chi connectivity index (χ3v) is 3.39. The molecule has 0 radical (unpaired) electrons. The van der Waals surface area contributed by atoms with Crippen LogP contribution in [0.5, 0.6) is 0 Å². The molecule has 0 atom stereocenters. The second kappa shape index (κ2) is 7.61. The van der Waals surface area contributed by atoms with Gasteiger partial charge in [0.1, 0.15) is 6.29 Å². The minimum absolute atomic E-state index is 0. The van der Waals surface area contributed by atoms with Crippen LogP contribution in [0.4, 0.5) is 0 Å². The van der Waals surface area contributed by atoms with Gasteiger partial charge in [0.25, 0.3) is 0 Å². The average Bonchev–Trinajstić information content (AvgIpc) is 2.57. The van der Waals surface area contributed by atoms with Crippen LogP contribution in [0.1, 0.15) is 15.9 Å². The standard InChI is InChI=1S/C18H15N2O.BrH/c21-14-16-3-1-15(2-4-16)13-20-11-7-18(8-12-20)17-5-9-19-10-6-17;/h1-12,14H,13H2;1H/q+1;/p-1. The summed E-state index contributed by atoms with van der Waals surface area (Å²) >= 11 is 0. The van der Waals surface area contributed by atoms with E-state index in [4.69, 9.17) is 0 Å². The molecule has 2 heterocycles. The Labute approximate surface area is 140 Å². The summed E-state index contributed by atoms with van der Waals surface area (Å²) in [5, 5.41) is 0. The Balaban J connectivity index is 0.00000176. The van der Waals surface area contributed by atoms with Crippen LogP contribution in [-0.2, 0) is 6.54 Å². The Hall–Kier alpha value is -2.33. The maximum Gasteiger partial charge on any atom is 0.173 e. The summed E-state index contributed by atoms with van der Waals surface area (Å²) in [7, 11) is 0. The van der Waals surface area contributed by atoms with Gasteiger partial charge in [-0.2, -0.15) is 0 Å². The number of carbonyl (C=O) groups is 1. The van der Waals surface area contributed by atoms with Gasteiger partial charge in [0.2, 0.25) is 0 Å². The van der Waals surface area contributed by atoms with Crippen LogP contribution in [0.3, 0.4) is 0 Å². The van der Waals surface area contributed by atoms with E-state index in [1.807, 2.05) is 36.4 Å². The van der Waals surface area contributed by atoms with Gasteiger partial charge in [-0.1, -0.05) is 24.3 Å². The van der Waals surface area contributed by atoms with Crippen molar-refractivity contribution in [2.75, 3.05) is 0 Å². The molecule has 22 heavy (non-hydrogen) atoms. The lowest BCUT2D eigenvalue weighted by molar-refractivity contribution is -0.688. The zero-order valence-corrected chi connectivity index (χ0v) is 13.5. The molecule has 0 aliphatic heterocycles. The number of pyridine rings is 2. The Kier molecular flexibility index (Phi) is 5.55. The molecule has 4 heteroatoms. The Bertz CT molecular complexity index is 725. The van der Waals surface area contributed by atoms with Crippen molar-refractivity contribution in [3.63, 3.8) is 0 Å². The normalized spacial score (nSPS) is 9.82. The first kappa shape index (κ1) is 16.0. The molecule has 0 spiro atoms. The topological polar surface area (TPSA) is 33.8 Å². The van der Waals surface area contributed by atoms with E-state index >= 15 is 0 Å². The maximum absolute atomic E-state index is 10.6. The van der Waals surface area contributed by atoms with Crippen molar-refractivity contribution in [1.82, 2.24) is 4.98 Å². The van der Waals surface area contributed by atoms with Crippen molar-refractivity contribution < 1.29 is 26.3 Å². The van der Waals surface area contributed by atoms with E-state index in [-0.39, 0.29) is 17.0 Å². The molecule has 0 bridgehead atoms. The number of rotatable bonds is 4.